The number of hydrogen-bond acceptors (Lipinski definition) is 4. The van der Waals surface area contributed by atoms with Crippen molar-refractivity contribution in [3.05, 3.63) is 18.0 Å². The fourth-order valence-electron chi connectivity index (χ4n) is 4.44. The second kappa shape index (κ2) is 5.35. The number of aryl methyl sites for hydroxylation is 1. The molecule has 3 fully saturated rings. The Hall–Kier alpha value is -1.40. The van der Waals surface area contributed by atoms with E-state index in [0.29, 0.717) is 18.4 Å². The average molecular weight is 304 g/mol. The van der Waals surface area contributed by atoms with Gasteiger partial charge in [-0.1, -0.05) is 0 Å². The van der Waals surface area contributed by atoms with Crippen molar-refractivity contribution in [2.45, 2.75) is 12.5 Å². The first-order valence-electron chi connectivity index (χ1n) is 8.20. The van der Waals surface area contributed by atoms with Gasteiger partial charge in [0.15, 0.2) is 0 Å². The zero-order valence-electron chi connectivity index (χ0n) is 13.3. The molecule has 0 aromatic carbocycles. The summed E-state index contributed by atoms with van der Waals surface area (Å²) in [5.41, 5.74) is 1.01. The van der Waals surface area contributed by atoms with E-state index in [1.54, 1.807) is 6.20 Å². The fraction of sp³-hybridized carbons (Fsp3) is 0.750. The van der Waals surface area contributed by atoms with Crippen LogP contribution in [0.3, 0.4) is 0 Å². The molecule has 0 spiro atoms. The predicted molar refractivity (Wildman–Crippen MR) is 81.1 cm³/mol. The van der Waals surface area contributed by atoms with E-state index in [1.807, 2.05) is 17.8 Å². The van der Waals surface area contributed by atoms with Gasteiger partial charge in [-0.05, 0) is 31.4 Å². The minimum Gasteiger partial charge on any atom is -0.371 e. The molecule has 0 radical (unpaired) electrons. The van der Waals surface area contributed by atoms with E-state index < -0.39 is 0 Å². The SMILES string of the molecule is CN1C[C@@H]2CN(C(=O)[C@@H]3CCO[C@H]3c3ccnn3C)C[C@@H]2C1. The van der Waals surface area contributed by atoms with Gasteiger partial charge in [0.1, 0.15) is 6.10 Å². The Balaban J connectivity index is 1.48. The van der Waals surface area contributed by atoms with Crippen molar-refractivity contribution in [2.24, 2.45) is 24.8 Å². The van der Waals surface area contributed by atoms with Gasteiger partial charge < -0.3 is 14.5 Å². The largest absolute Gasteiger partial charge is 0.371 e. The Kier molecular flexibility index (Phi) is 3.46. The van der Waals surface area contributed by atoms with Crippen LogP contribution in [-0.2, 0) is 16.6 Å². The van der Waals surface area contributed by atoms with Gasteiger partial charge in [-0.15, -0.1) is 0 Å². The Morgan fingerprint density at radius 2 is 1.95 bits per heavy atom. The van der Waals surface area contributed by atoms with Crippen LogP contribution >= 0.6 is 0 Å². The topological polar surface area (TPSA) is 50.6 Å². The first-order chi connectivity index (χ1) is 10.6. The van der Waals surface area contributed by atoms with Gasteiger partial charge in [0.05, 0.1) is 11.6 Å². The molecule has 3 saturated heterocycles. The molecule has 22 heavy (non-hydrogen) atoms. The predicted octanol–water partition coefficient (Wildman–Crippen LogP) is 0.518. The van der Waals surface area contributed by atoms with Crippen molar-refractivity contribution < 1.29 is 9.53 Å². The number of hydrogen-bond donors (Lipinski definition) is 0. The van der Waals surface area contributed by atoms with Crippen LogP contribution in [0.1, 0.15) is 18.2 Å². The lowest BCUT2D eigenvalue weighted by Crippen LogP contribution is -2.38. The highest BCUT2D eigenvalue weighted by atomic mass is 16.5. The van der Waals surface area contributed by atoms with Crippen LogP contribution in [0, 0.1) is 17.8 Å². The van der Waals surface area contributed by atoms with Crippen molar-refractivity contribution in [2.75, 3.05) is 39.8 Å². The van der Waals surface area contributed by atoms with Gasteiger partial charge in [0.25, 0.3) is 0 Å². The maximum absolute atomic E-state index is 13.0. The zero-order valence-corrected chi connectivity index (χ0v) is 13.3. The van der Waals surface area contributed by atoms with Crippen LogP contribution in [0.15, 0.2) is 12.3 Å². The molecule has 6 nitrogen and oxygen atoms in total. The molecule has 120 valence electrons. The highest BCUT2D eigenvalue weighted by Crippen LogP contribution is 2.38. The normalized spacial score (nSPS) is 35.3. The minimum atomic E-state index is -0.136. The standard InChI is InChI=1S/C16H24N4O2/c1-18-7-11-9-20(10-12(11)8-18)16(21)13-4-6-22-15(13)14-3-5-17-19(14)2/h3,5,11-13,15H,4,6-10H2,1-2H3/t11-,12+,13-,15-/m1/s1. The molecule has 3 aliphatic rings. The number of nitrogens with zero attached hydrogens (tertiary/aromatic N) is 4. The number of likely N-dealkylation sites (tertiary alicyclic amines) is 2. The molecule has 0 unspecified atom stereocenters. The van der Waals surface area contributed by atoms with Crippen LogP contribution in [0.2, 0.25) is 0 Å². The van der Waals surface area contributed by atoms with E-state index >= 15 is 0 Å². The van der Waals surface area contributed by atoms with Crippen molar-refractivity contribution in [1.82, 2.24) is 19.6 Å². The lowest BCUT2D eigenvalue weighted by atomic mass is 9.97. The van der Waals surface area contributed by atoms with Gasteiger partial charge >= 0.3 is 0 Å². The molecular weight excluding hydrogens is 280 g/mol. The van der Waals surface area contributed by atoms with Crippen molar-refractivity contribution in [3.63, 3.8) is 0 Å². The summed E-state index contributed by atoms with van der Waals surface area (Å²) < 4.78 is 7.69. The average Bonchev–Trinajstić information content (AvgIpc) is 3.19. The van der Waals surface area contributed by atoms with Gasteiger partial charge in [0.2, 0.25) is 5.91 Å². The van der Waals surface area contributed by atoms with Crippen molar-refractivity contribution in [1.29, 1.82) is 0 Å². The lowest BCUT2D eigenvalue weighted by molar-refractivity contribution is -0.136. The number of carbonyl (C=O) groups excluding carboxylic acids is 1. The van der Waals surface area contributed by atoms with E-state index in [4.69, 9.17) is 4.74 Å². The van der Waals surface area contributed by atoms with Gasteiger partial charge in [-0.3, -0.25) is 9.48 Å². The van der Waals surface area contributed by atoms with Gasteiger partial charge in [-0.2, -0.15) is 5.10 Å². The summed E-state index contributed by atoms with van der Waals surface area (Å²) in [6.07, 6.45) is 2.46. The molecule has 1 aromatic heterocycles. The van der Waals surface area contributed by atoms with Crippen LogP contribution in [-0.4, -0.2) is 65.3 Å². The molecule has 3 aliphatic heterocycles. The third kappa shape index (κ3) is 2.25. The van der Waals surface area contributed by atoms with E-state index in [2.05, 4.69) is 21.9 Å². The molecule has 4 atom stereocenters. The van der Waals surface area contributed by atoms with Crippen molar-refractivity contribution in [3.8, 4) is 0 Å². The molecule has 0 N–H and O–H groups in total. The number of aromatic nitrogens is 2. The fourth-order valence-corrected chi connectivity index (χ4v) is 4.44. The molecule has 1 aromatic rings. The van der Waals surface area contributed by atoms with E-state index in [0.717, 1.165) is 38.3 Å². The second-order valence-electron chi connectivity index (χ2n) is 7.05. The molecule has 6 heteroatoms. The highest BCUT2D eigenvalue weighted by Gasteiger charge is 2.45. The molecule has 0 bridgehead atoms. The Morgan fingerprint density at radius 1 is 1.23 bits per heavy atom. The van der Waals surface area contributed by atoms with E-state index in [-0.39, 0.29) is 17.9 Å². The number of fused-ring (bicyclic) bond motifs is 1. The summed E-state index contributed by atoms with van der Waals surface area (Å²) >= 11 is 0. The molecule has 0 saturated carbocycles. The zero-order chi connectivity index (χ0) is 15.3. The number of carbonyl (C=O) groups is 1. The first kappa shape index (κ1) is 14.2. The van der Waals surface area contributed by atoms with Crippen LogP contribution in [0.5, 0.6) is 0 Å². The van der Waals surface area contributed by atoms with Crippen LogP contribution < -0.4 is 0 Å². The monoisotopic (exact) mass is 304 g/mol. The summed E-state index contributed by atoms with van der Waals surface area (Å²) in [4.78, 5) is 17.5. The van der Waals surface area contributed by atoms with Crippen LogP contribution in [0.25, 0.3) is 0 Å². The Labute approximate surface area is 131 Å². The van der Waals surface area contributed by atoms with Crippen molar-refractivity contribution >= 4 is 5.91 Å². The minimum absolute atomic E-state index is 0.0491. The summed E-state index contributed by atoms with van der Waals surface area (Å²) in [6, 6.07) is 1.96. The number of rotatable bonds is 2. The molecule has 4 rings (SSSR count). The Bertz CT molecular complexity index is 558. The number of amides is 1. The van der Waals surface area contributed by atoms with Crippen LogP contribution in [0.4, 0.5) is 0 Å². The smallest absolute Gasteiger partial charge is 0.228 e. The third-order valence-electron chi connectivity index (χ3n) is 5.54. The molecule has 1 amide bonds. The van der Waals surface area contributed by atoms with Gasteiger partial charge in [-0.25, -0.2) is 0 Å². The quantitative estimate of drug-likeness (QED) is 0.799. The first-order valence-corrected chi connectivity index (χ1v) is 8.20. The molecule has 0 aliphatic carbocycles. The molecule has 4 heterocycles. The summed E-state index contributed by atoms with van der Waals surface area (Å²) in [7, 11) is 4.09. The maximum Gasteiger partial charge on any atom is 0.228 e. The summed E-state index contributed by atoms with van der Waals surface area (Å²) in [5, 5.41) is 4.21. The van der Waals surface area contributed by atoms with Gasteiger partial charge in [0, 0.05) is 46.0 Å². The second-order valence-corrected chi connectivity index (χ2v) is 7.05. The van der Waals surface area contributed by atoms with E-state index in [1.165, 1.54) is 0 Å². The third-order valence-corrected chi connectivity index (χ3v) is 5.54. The Morgan fingerprint density at radius 3 is 2.59 bits per heavy atom. The lowest BCUT2D eigenvalue weighted by Gasteiger charge is -2.25. The summed E-state index contributed by atoms with van der Waals surface area (Å²) in [6.45, 7) is 4.75. The number of ether oxygens (including phenoxy) is 1. The highest BCUT2D eigenvalue weighted by molar-refractivity contribution is 5.80. The van der Waals surface area contributed by atoms with E-state index in [9.17, 15) is 4.79 Å². The molecular formula is C16H24N4O2. The summed E-state index contributed by atoms with van der Waals surface area (Å²) in [5.74, 6) is 1.55. The maximum atomic E-state index is 13.0.